The van der Waals surface area contributed by atoms with Crippen molar-refractivity contribution in [1.29, 1.82) is 0 Å². The second-order valence-corrected chi connectivity index (χ2v) is 7.37. The molecule has 0 saturated carbocycles. The Morgan fingerprint density at radius 3 is 2.50 bits per heavy atom. The van der Waals surface area contributed by atoms with E-state index in [1.165, 1.54) is 12.4 Å². The lowest BCUT2D eigenvalue weighted by Crippen LogP contribution is -2.06. The third-order valence-corrected chi connectivity index (χ3v) is 5.36. The Bertz CT molecular complexity index is 1430. The Kier molecular flexibility index (Phi) is 4.47. The van der Waals surface area contributed by atoms with Crippen LogP contribution in [0.1, 0.15) is 11.1 Å². The minimum absolute atomic E-state index is 0.413. The molecule has 3 heterocycles. The lowest BCUT2D eigenvalue weighted by molar-refractivity contribution is -0.137. The number of halogens is 3. The first-order chi connectivity index (χ1) is 15.3. The van der Waals surface area contributed by atoms with Gasteiger partial charge < -0.3 is 5.73 Å². The second kappa shape index (κ2) is 7.23. The third-order valence-electron chi connectivity index (χ3n) is 5.36. The number of rotatable bonds is 3. The number of hydrogen-bond acceptors (Lipinski definition) is 4. The van der Waals surface area contributed by atoms with Gasteiger partial charge in [-0.3, -0.25) is 0 Å². The number of nitrogen functional groups attached to an aromatic ring is 1. The van der Waals surface area contributed by atoms with E-state index in [-0.39, 0.29) is 0 Å². The van der Waals surface area contributed by atoms with Crippen molar-refractivity contribution in [3.8, 4) is 28.1 Å². The van der Waals surface area contributed by atoms with Crippen molar-refractivity contribution in [3.63, 3.8) is 0 Å². The molecule has 5 rings (SSSR count). The molecule has 6 nitrogen and oxygen atoms in total. The lowest BCUT2D eigenvalue weighted by Gasteiger charge is -2.16. The molecule has 3 aromatic heterocycles. The van der Waals surface area contributed by atoms with E-state index in [9.17, 15) is 13.2 Å². The molecule has 0 atom stereocenters. The normalized spacial score (nSPS) is 11.9. The number of fused-ring (bicyclic) bond motifs is 1. The SMILES string of the molecule is Cc1c(-c2ccnn2-c2ccc(N)cc2)cn2ncnc2c1-c1cccc(C(F)(F)F)c1. The molecule has 0 fully saturated rings. The van der Waals surface area contributed by atoms with Crippen molar-refractivity contribution < 1.29 is 13.2 Å². The topological polar surface area (TPSA) is 74.0 Å². The molecule has 0 spiro atoms. The Morgan fingerprint density at radius 2 is 1.75 bits per heavy atom. The van der Waals surface area contributed by atoms with Gasteiger partial charge in [-0.15, -0.1) is 0 Å². The molecule has 2 N–H and O–H groups in total. The van der Waals surface area contributed by atoms with Gasteiger partial charge in [0.05, 0.1) is 23.1 Å². The maximum Gasteiger partial charge on any atom is 0.416 e. The molecule has 0 radical (unpaired) electrons. The van der Waals surface area contributed by atoms with Gasteiger partial charge >= 0.3 is 6.18 Å². The highest BCUT2D eigenvalue weighted by Gasteiger charge is 2.31. The van der Waals surface area contributed by atoms with Crippen LogP contribution in [0.5, 0.6) is 0 Å². The Balaban J connectivity index is 1.75. The number of benzene rings is 2. The summed E-state index contributed by atoms with van der Waals surface area (Å²) in [6, 6.07) is 14.3. The highest BCUT2D eigenvalue weighted by Crippen LogP contribution is 2.37. The Morgan fingerprint density at radius 1 is 0.969 bits per heavy atom. The Hall–Kier alpha value is -4.14. The summed E-state index contributed by atoms with van der Waals surface area (Å²) in [5, 5.41) is 8.67. The van der Waals surface area contributed by atoms with E-state index in [1.54, 1.807) is 39.8 Å². The molecule has 5 aromatic rings. The molecule has 9 heteroatoms. The first-order valence-corrected chi connectivity index (χ1v) is 9.74. The quantitative estimate of drug-likeness (QED) is 0.398. The molecule has 32 heavy (non-hydrogen) atoms. The highest BCUT2D eigenvalue weighted by molar-refractivity contribution is 5.86. The largest absolute Gasteiger partial charge is 0.416 e. The van der Waals surface area contributed by atoms with E-state index in [4.69, 9.17) is 5.73 Å². The second-order valence-electron chi connectivity index (χ2n) is 7.37. The number of alkyl halides is 3. The summed E-state index contributed by atoms with van der Waals surface area (Å²) in [6.07, 6.45) is 0.409. The minimum atomic E-state index is -4.45. The molecular weight excluding hydrogens is 417 g/mol. The summed E-state index contributed by atoms with van der Waals surface area (Å²) in [6.45, 7) is 1.86. The fourth-order valence-corrected chi connectivity index (χ4v) is 3.83. The van der Waals surface area contributed by atoms with Gasteiger partial charge in [-0.1, -0.05) is 12.1 Å². The summed E-state index contributed by atoms with van der Waals surface area (Å²) in [7, 11) is 0. The maximum absolute atomic E-state index is 13.4. The summed E-state index contributed by atoms with van der Waals surface area (Å²) in [4.78, 5) is 4.29. The summed E-state index contributed by atoms with van der Waals surface area (Å²) in [5.41, 5.74) is 10.3. The monoisotopic (exact) mass is 434 g/mol. The molecule has 0 amide bonds. The van der Waals surface area contributed by atoms with Gasteiger partial charge in [0.1, 0.15) is 6.33 Å². The van der Waals surface area contributed by atoms with E-state index < -0.39 is 11.7 Å². The molecular formula is C23H17F3N6. The number of nitrogens with two attached hydrogens (primary N) is 1. The van der Waals surface area contributed by atoms with Crippen LogP contribution in [0, 0.1) is 6.92 Å². The van der Waals surface area contributed by atoms with E-state index in [0.29, 0.717) is 22.5 Å². The van der Waals surface area contributed by atoms with E-state index in [2.05, 4.69) is 15.2 Å². The van der Waals surface area contributed by atoms with Crippen molar-refractivity contribution in [2.45, 2.75) is 13.1 Å². The molecule has 0 saturated heterocycles. The number of aromatic nitrogens is 5. The van der Waals surface area contributed by atoms with Crippen molar-refractivity contribution in [2.75, 3.05) is 5.73 Å². The van der Waals surface area contributed by atoms with E-state index >= 15 is 0 Å². The van der Waals surface area contributed by atoms with Gasteiger partial charge in [-0.2, -0.15) is 23.4 Å². The highest BCUT2D eigenvalue weighted by atomic mass is 19.4. The number of nitrogens with zero attached hydrogens (tertiary/aromatic N) is 5. The first kappa shape index (κ1) is 19.8. The standard InChI is InChI=1S/C23H17F3N6/c1-14-19(20-9-10-29-32(20)18-7-5-17(27)6-8-18)12-31-22(28-13-30-31)21(14)15-3-2-4-16(11-15)23(24,25)26/h2-13H,27H2,1H3. The van der Waals surface area contributed by atoms with Crippen molar-refractivity contribution in [1.82, 2.24) is 24.4 Å². The predicted octanol–water partition coefficient (Wildman–Crippen LogP) is 5.16. The van der Waals surface area contributed by atoms with Crippen LogP contribution < -0.4 is 5.73 Å². The summed E-state index contributed by atoms with van der Waals surface area (Å²) in [5.74, 6) is 0. The average molecular weight is 434 g/mol. The van der Waals surface area contributed by atoms with Crippen molar-refractivity contribution in [3.05, 3.63) is 84.4 Å². The Labute approximate surface area is 180 Å². The molecule has 0 aliphatic heterocycles. The minimum Gasteiger partial charge on any atom is -0.399 e. The van der Waals surface area contributed by atoms with Gasteiger partial charge in [-0.25, -0.2) is 14.2 Å². The molecule has 0 bridgehead atoms. The van der Waals surface area contributed by atoms with E-state index in [0.717, 1.165) is 34.6 Å². The molecule has 0 unspecified atom stereocenters. The predicted molar refractivity (Wildman–Crippen MR) is 115 cm³/mol. The van der Waals surface area contributed by atoms with Gasteiger partial charge in [0, 0.05) is 23.0 Å². The van der Waals surface area contributed by atoms with Crippen molar-refractivity contribution >= 4 is 11.3 Å². The zero-order valence-electron chi connectivity index (χ0n) is 16.9. The summed E-state index contributed by atoms with van der Waals surface area (Å²) >= 11 is 0. The van der Waals surface area contributed by atoms with Gasteiger partial charge in [0.15, 0.2) is 5.65 Å². The number of pyridine rings is 1. The zero-order valence-corrected chi connectivity index (χ0v) is 16.9. The van der Waals surface area contributed by atoms with Crippen LogP contribution in [0.2, 0.25) is 0 Å². The van der Waals surface area contributed by atoms with E-state index in [1.807, 2.05) is 25.1 Å². The van der Waals surface area contributed by atoms with Gasteiger partial charge in [-0.05, 0) is 60.5 Å². The van der Waals surface area contributed by atoms with Crippen LogP contribution in [0.3, 0.4) is 0 Å². The van der Waals surface area contributed by atoms with Crippen LogP contribution >= 0.6 is 0 Å². The smallest absolute Gasteiger partial charge is 0.399 e. The lowest BCUT2D eigenvalue weighted by atomic mass is 9.95. The average Bonchev–Trinajstić information content (AvgIpc) is 3.43. The van der Waals surface area contributed by atoms with Crippen LogP contribution in [0.25, 0.3) is 33.7 Å². The molecule has 2 aromatic carbocycles. The first-order valence-electron chi connectivity index (χ1n) is 9.74. The fraction of sp³-hybridized carbons (Fsp3) is 0.0870. The molecule has 160 valence electrons. The number of hydrogen-bond donors (Lipinski definition) is 1. The summed E-state index contributed by atoms with van der Waals surface area (Å²) < 4.78 is 43.4. The fourth-order valence-electron chi connectivity index (χ4n) is 3.83. The third kappa shape index (κ3) is 3.27. The van der Waals surface area contributed by atoms with Gasteiger partial charge in [0.25, 0.3) is 0 Å². The van der Waals surface area contributed by atoms with Crippen LogP contribution in [0.4, 0.5) is 18.9 Å². The van der Waals surface area contributed by atoms with Gasteiger partial charge in [0.2, 0.25) is 0 Å². The van der Waals surface area contributed by atoms with Crippen LogP contribution in [-0.4, -0.2) is 24.4 Å². The van der Waals surface area contributed by atoms with Crippen LogP contribution in [-0.2, 0) is 6.18 Å². The molecule has 0 aliphatic carbocycles. The number of anilines is 1. The zero-order chi connectivity index (χ0) is 22.5. The maximum atomic E-state index is 13.4. The van der Waals surface area contributed by atoms with Crippen LogP contribution in [0.15, 0.2) is 73.3 Å². The van der Waals surface area contributed by atoms with Crippen molar-refractivity contribution in [2.24, 2.45) is 0 Å². The molecule has 0 aliphatic rings.